The predicted molar refractivity (Wildman–Crippen MR) is 130 cm³/mol. The molecule has 2 heterocycles. The fourth-order valence-corrected chi connectivity index (χ4v) is 4.66. The maximum atomic E-state index is 12.8. The van der Waals surface area contributed by atoms with Crippen molar-refractivity contribution in [1.82, 2.24) is 10.2 Å². The number of carbonyl (C=O) groups excluding carboxylic acids is 1. The van der Waals surface area contributed by atoms with Crippen LogP contribution < -0.4 is 20.9 Å². The second-order valence-corrected chi connectivity index (χ2v) is 8.42. The summed E-state index contributed by atoms with van der Waals surface area (Å²) in [6, 6.07) is 26.3. The van der Waals surface area contributed by atoms with E-state index in [-0.39, 0.29) is 12.1 Å². The van der Waals surface area contributed by atoms with Crippen molar-refractivity contribution in [3.05, 3.63) is 90.0 Å². The van der Waals surface area contributed by atoms with Gasteiger partial charge in [0.15, 0.2) is 0 Å². The molecule has 2 aliphatic heterocycles. The van der Waals surface area contributed by atoms with Gasteiger partial charge in [-0.15, -0.1) is 0 Å². The van der Waals surface area contributed by atoms with Gasteiger partial charge in [0.05, 0.1) is 11.3 Å². The molecule has 1 amide bonds. The fourth-order valence-electron chi connectivity index (χ4n) is 4.66. The molecule has 1 fully saturated rings. The number of nitrogens with one attached hydrogen (secondary N) is 1. The number of piperazine rings is 1. The minimum absolute atomic E-state index is 0.0541. The number of hydrogen-bond acceptors (Lipinski definition) is 5. The number of carbonyl (C=O) groups is 1. The van der Waals surface area contributed by atoms with Gasteiger partial charge in [-0.05, 0) is 35.9 Å². The van der Waals surface area contributed by atoms with Crippen LogP contribution in [0.25, 0.3) is 0 Å². The molecule has 1 unspecified atom stereocenters. The Balaban J connectivity index is 1.32. The number of nitrogen functional groups attached to an aromatic ring is 1. The standard InChI is InChI=1S/C26H29N5O/c27-21-11-12-23-24(19-21)31(25(28-26(23)32)20-7-3-1-4-8-20)18-15-29-13-16-30(17-14-29)22-9-5-2-6-10-22/h1-12,19,25H,13-18,27H2,(H,28,32). The van der Waals surface area contributed by atoms with Crippen LogP contribution in [0.3, 0.4) is 0 Å². The van der Waals surface area contributed by atoms with Crippen LogP contribution in [0, 0.1) is 0 Å². The summed E-state index contributed by atoms with van der Waals surface area (Å²) in [5, 5.41) is 3.19. The molecule has 3 N–H and O–H groups in total. The van der Waals surface area contributed by atoms with Crippen molar-refractivity contribution >= 4 is 23.0 Å². The molecule has 5 rings (SSSR count). The zero-order valence-electron chi connectivity index (χ0n) is 18.2. The Morgan fingerprint density at radius 3 is 2.25 bits per heavy atom. The van der Waals surface area contributed by atoms with Crippen molar-refractivity contribution in [2.75, 3.05) is 54.8 Å². The zero-order valence-corrected chi connectivity index (χ0v) is 18.2. The van der Waals surface area contributed by atoms with Gasteiger partial charge in [0.25, 0.3) is 5.91 Å². The summed E-state index contributed by atoms with van der Waals surface area (Å²) in [7, 11) is 0. The van der Waals surface area contributed by atoms with Crippen LogP contribution in [0.4, 0.5) is 17.1 Å². The average molecular weight is 428 g/mol. The molecule has 0 saturated carbocycles. The first-order valence-electron chi connectivity index (χ1n) is 11.2. The molecular weight excluding hydrogens is 398 g/mol. The average Bonchev–Trinajstić information content (AvgIpc) is 2.84. The largest absolute Gasteiger partial charge is 0.399 e. The van der Waals surface area contributed by atoms with Gasteiger partial charge in [-0.1, -0.05) is 48.5 Å². The molecular formula is C26H29N5O. The van der Waals surface area contributed by atoms with Crippen LogP contribution in [0.5, 0.6) is 0 Å². The molecule has 0 bridgehead atoms. The van der Waals surface area contributed by atoms with Crippen molar-refractivity contribution < 1.29 is 4.79 Å². The number of amides is 1. The molecule has 3 aromatic rings. The van der Waals surface area contributed by atoms with Crippen LogP contribution in [-0.2, 0) is 0 Å². The third-order valence-corrected chi connectivity index (χ3v) is 6.42. The van der Waals surface area contributed by atoms with Gasteiger partial charge in [0.1, 0.15) is 6.17 Å². The highest BCUT2D eigenvalue weighted by molar-refractivity contribution is 6.02. The van der Waals surface area contributed by atoms with E-state index in [9.17, 15) is 4.79 Å². The smallest absolute Gasteiger partial charge is 0.255 e. The number of fused-ring (bicyclic) bond motifs is 1. The molecule has 0 aliphatic carbocycles. The van der Waals surface area contributed by atoms with Gasteiger partial charge in [-0.2, -0.15) is 0 Å². The summed E-state index contributed by atoms with van der Waals surface area (Å²) in [5.74, 6) is -0.0541. The van der Waals surface area contributed by atoms with Crippen molar-refractivity contribution in [3.8, 4) is 0 Å². The Hall–Kier alpha value is -3.51. The molecule has 6 nitrogen and oxygen atoms in total. The highest BCUT2D eigenvalue weighted by atomic mass is 16.2. The first kappa shape index (κ1) is 20.4. The van der Waals surface area contributed by atoms with Gasteiger partial charge in [-0.3, -0.25) is 9.69 Å². The topological polar surface area (TPSA) is 64.8 Å². The Bertz CT molecular complexity index is 1060. The Morgan fingerprint density at radius 1 is 0.844 bits per heavy atom. The van der Waals surface area contributed by atoms with E-state index in [2.05, 4.69) is 62.5 Å². The Morgan fingerprint density at radius 2 is 1.53 bits per heavy atom. The lowest BCUT2D eigenvalue weighted by Gasteiger charge is -2.42. The number of rotatable bonds is 5. The lowest BCUT2D eigenvalue weighted by molar-refractivity contribution is 0.0925. The number of anilines is 3. The monoisotopic (exact) mass is 427 g/mol. The van der Waals surface area contributed by atoms with Crippen molar-refractivity contribution in [2.45, 2.75) is 6.17 Å². The van der Waals surface area contributed by atoms with E-state index >= 15 is 0 Å². The highest BCUT2D eigenvalue weighted by Crippen LogP contribution is 2.34. The molecule has 0 spiro atoms. The maximum Gasteiger partial charge on any atom is 0.255 e. The summed E-state index contributed by atoms with van der Waals surface area (Å²) in [6.07, 6.45) is -0.205. The van der Waals surface area contributed by atoms with E-state index in [0.29, 0.717) is 11.3 Å². The van der Waals surface area contributed by atoms with E-state index in [1.807, 2.05) is 30.3 Å². The molecule has 2 aliphatic rings. The third-order valence-electron chi connectivity index (χ3n) is 6.42. The molecule has 6 heteroatoms. The summed E-state index contributed by atoms with van der Waals surface area (Å²) in [6.45, 7) is 5.82. The van der Waals surface area contributed by atoms with Crippen molar-refractivity contribution in [1.29, 1.82) is 0 Å². The van der Waals surface area contributed by atoms with E-state index in [1.54, 1.807) is 6.07 Å². The van der Waals surface area contributed by atoms with E-state index < -0.39 is 0 Å². The molecule has 0 radical (unpaired) electrons. The maximum absolute atomic E-state index is 12.8. The van der Waals surface area contributed by atoms with Gasteiger partial charge < -0.3 is 20.9 Å². The SMILES string of the molecule is Nc1ccc2c(c1)N(CCN1CCN(c3ccccc3)CC1)C(c1ccccc1)NC2=O. The molecule has 1 atom stereocenters. The summed E-state index contributed by atoms with van der Waals surface area (Å²) >= 11 is 0. The lowest BCUT2D eigenvalue weighted by Crippen LogP contribution is -2.52. The fraction of sp³-hybridized carbons (Fsp3) is 0.269. The number of benzene rings is 3. The van der Waals surface area contributed by atoms with E-state index in [0.717, 1.165) is 50.5 Å². The normalized spacial score (nSPS) is 18.9. The van der Waals surface area contributed by atoms with Crippen LogP contribution in [0.1, 0.15) is 22.1 Å². The summed E-state index contributed by atoms with van der Waals surface area (Å²) in [5.41, 5.74) is 10.7. The molecule has 3 aromatic carbocycles. The summed E-state index contributed by atoms with van der Waals surface area (Å²) in [4.78, 5) is 20.0. The van der Waals surface area contributed by atoms with Gasteiger partial charge in [-0.25, -0.2) is 0 Å². The van der Waals surface area contributed by atoms with Gasteiger partial charge >= 0.3 is 0 Å². The van der Waals surface area contributed by atoms with Crippen LogP contribution >= 0.6 is 0 Å². The molecule has 32 heavy (non-hydrogen) atoms. The first-order valence-corrected chi connectivity index (χ1v) is 11.2. The number of nitrogens with two attached hydrogens (primary N) is 1. The molecule has 1 saturated heterocycles. The Labute approximate surface area is 189 Å². The minimum Gasteiger partial charge on any atom is -0.399 e. The molecule has 0 aromatic heterocycles. The second-order valence-electron chi connectivity index (χ2n) is 8.42. The van der Waals surface area contributed by atoms with E-state index in [4.69, 9.17) is 5.73 Å². The second kappa shape index (κ2) is 8.93. The first-order chi connectivity index (χ1) is 15.7. The van der Waals surface area contributed by atoms with Crippen LogP contribution in [0.2, 0.25) is 0 Å². The third kappa shape index (κ3) is 4.14. The van der Waals surface area contributed by atoms with Crippen molar-refractivity contribution in [3.63, 3.8) is 0 Å². The van der Waals surface area contributed by atoms with Crippen LogP contribution in [-0.4, -0.2) is 50.1 Å². The lowest BCUT2D eigenvalue weighted by atomic mass is 10.0. The van der Waals surface area contributed by atoms with Gasteiger partial charge in [0.2, 0.25) is 0 Å². The number of nitrogens with zero attached hydrogens (tertiary/aromatic N) is 3. The van der Waals surface area contributed by atoms with Gasteiger partial charge in [0, 0.05) is 50.6 Å². The number of para-hydroxylation sites is 1. The van der Waals surface area contributed by atoms with Crippen LogP contribution in [0.15, 0.2) is 78.9 Å². The minimum atomic E-state index is -0.205. The number of hydrogen-bond donors (Lipinski definition) is 2. The predicted octanol–water partition coefficient (Wildman–Crippen LogP) is 3.34. The van der Waals surface area contributed by atoms with Crippen molar-refractivity contribution in [2.24, 2.45) is 0 Å². The summed E-state index contributed by atoms with van der Waals surface area (Å²) < 4.78 is 0. The van der Waals surface area contributed by atoms with E-state index in [1.165, 1.54) is 5.69 Å². The zero-order chi connectivity index (χ0) is 21.9. The quantitative estimate of drug-likeness (QED) is 0.612. The highest BCUT2D eigenvalue weighted by Gasteiger charge is 2.32. The molecule has 164 valence electrons. The Kier molecular flexibility index (Phi) is 5.69.